The summed E-state index contributed by atoms with van der Waals surface area (Å²) in [6, 6.07) is 7.03. The van der Waals surface area contributed by atoms with Crippen LogP contribution >= 0.6 is 142 Å². The van der Waals surface area contributed by atoms with Crippen molar-refractivity contribution in [2.45, 2.75) is 110 Å². The molecule has 1 unspecified atom stereocenters. The number of nitrogens with zero attached hydrogens (tertiary/aromatic N) is 27. The molecule has 2 fully saturated rings. The molecule has 13 aromatic heterocycles. The van der Waals surface area contributed by atoms with Crippen molar-refractivity contribution in [2.24, 2.45) is 4.99 Å². The predicted molar refractivity (Wildman–Crippen MR) is 497 cm³/mol. The van der Waals surface area contributed by atoms with Crippen LogP contribution in [0, 0.1) is 0 Å². The van der Waals surface area contributed by atoms with Crippen molar-refractivity contribution in [3.05, 3.63) is 165 Å². The number of thioether (sulfide) groups is 1. The quantitative estimate of drug-likeness (QED) is 0.0152. The fourth-order valence-electron chi connectivity index (χ4n) is 9.28. The molecule has 2 saturated heterocycles. The van der Waals surface area contributed by atoms with Gasteiger partial charge in [-0.2, -0.15) is 75.6 Å². The molecule has 15 N–H and O–H groups in total. The molecule has 0 radical (unpaired) electrons. The molecule has 16 rings (SSSR count). The van der Waals surface area contributed by atoms with E-state index in [0.29, 0.717) is 78.3 Å². The number of anilines is 6. The summed E-state index contributed by atoms with van der Waals surface area (Å²) in [6.07, 6.45) is 29.5. The third-order valence-electron chi connectivity index (χ3n) is 16.8. The van der Waals surface area contributed by atoms with Crippen LogP contribution in [0.4, 0.5) is 34.9 Å². The summed E-state index contributed by atoms with van der Waals surface area (Å²) < 4.78 is 48.1. The summed E-state index contributed by atoms with van der Waals surface area (Å²) in [5.41, 5.74) is 35.0. The van der Waals surface area contributed by atoms with Crippen LogP contribution in [0.15, 0.2) is 165 Å². The number of carbonyl (C=O) groups is 1. The van der Waals surface area contributed by atoms with Crippen LogP contribution in [0.1, 0.15) is 79.1 Å². The van der Waals surface area contributed by atoms with Gasteiger partial charge in [-0.3, -0.25) is 14.0 Å². The van der Waals surface area contributed by atoms with Crippen molar-refractivity contribution in [2.75, 3.05) is 53.5 Å². The van der Waals surface area contributed by atoms with Crippen LogP contribution in [-0.4, -0.2) is 223 Å². The summed E-state index contributed by atoms with van der Waals surface area (Å²) in [7, 11) is -3.63. The molecule has 13 aromatic rings. The monoisotopic (exact) mass is 2460 g/mol. The number of aromatic hydroxyl groups is 1. The van der Waals surface area contributed by atoms with Crippen molar-refractivity contribution in [1.29, 1.82) is 0 Å². The summed E-state index contributed by atoms with van der Waals surface area (Å²) >= 11 is 38.0. The Bertz CT molecular complexity index is 5780. The Morgan fingerprint density at radius 1 is 0.512 bits per heavy atom. The second-order valence-corrected chi connectivity index (χ2v) is 34.0. The zero-order valence-corrected chi connectivity index (χ0v) is 92.9. The first-order valence-corrected chi connectivity index (χ1v) is 42.9. The van der Waals surface area contributed by atoms with E-state index < -0.39 is 36.2 Å². The fourth-order valence-corrected chi connectivity index (χ4v) is 12.3. The summed E-state index contributed by atoms with van der Waals surface area (Å²) in [4.78, 5) is 64.5. The fraction of sp³-hybridized carbons (Fsp3) is 0.269. The smallest absolute Gasteiger partial charge is 1.00 e. The number of allylic oxidation sites excluding steroid dienone is 1. The molecule has 0 aromatic carbocycles. The van der Waals surface area contributed by atoms with Crippen LogP contribution in [-0.2, 0) is 39.1 Å². The minimum Gasteiger partial charge on any atom is -1.00 e. The number of aliphatic imine (C=N–C) groups is 1. The van der Waals surface area contributed by atoms with E-state index in [-0.39, 0.29) is 248 Å². The molecule has 0 aliphatic carbocycles. The Labute approximate surface area is 920 Å². The van der Waals surface area contributed by atoms with Gasteiger partial charge in [-0.25, -0.2) is 52.7 Å². The van der Waals surface area contributed by atoms with Gasteiger partial charge in [0, 0.05) is 97.8 Å². The first kappa shape index (κ1) is 114. The van der Waals surface area contributed by atoms with Crippen molar-refractivity contribution in [3.63, 3.8) is 0 Å². The number of halogens is 9. The number of nitrogens with two attached hydrogens (primary N) is 6. The minimum atomic E-state index is -1.61. The molecule has 3 aliphatic rings. The second-order valence-electron chi connectivity index (χ2n) is 26.1. The van der Waals surface area contributed by atoms with Crippen molar-refractivity contribution in [1.82, 2.24) is 128 Å². The van der Waals surface area contributed by atoms with Gasteiger partial charge in [0.15, 0.2) is 33.5 Å². The average molecular weight is 2470 g/mol. The van der Waals surface area contributed by atoms with Crippen molar-refractivity contribution < 1.29 is 192 Å². The van der Waals surface area contributed by atoms with E-state index in [1.165, 1.54) is 70.9 Å². The number of nitrogen functional groups attached to an aromatic ring is 6. The van der Waals surface area contributed by atoms with E-state index in [1.807, 2.05) is 52.4 Å². The number of hydrogen-bond donors (Lipinski definition) is 9. The molecule has 0 spiro atoms. The van der Waals surface area contributed by atoms with Gasteiger partial charge in [-0.05, 0) is 187 Å². The molecule has 127 heavy (non-hydrogen) atoms. The Kier molecular flexibility index (Phi) is 46.0. The third-order valence-corrected chi connectivity index (χ3v) is 24.1. The Morgan fingerprint density at radius 3 is 1.18 bits per heavy atom. The Balaban J connectivity index is 0.000000387. The topological polar surface area (TPSA) is 612 Å². The maximum atomic E-state index is 10.9. The van der Waals surface area contributed by atoms with Crippen LogP contribution in [0.25, 0.3) is 41.2 Å². The molecule has 0 saturated carbocycles. The molecule has 1 atom stereocenters. The maximum absolute atomic E-state index is 10.9. The SMILES string of the molecule is C.C.C.CC1(C)OB(C2=CCN=C2)OC1(C)C.CC1(C)OB(c2cnn(-c3nc(-n4cccn4)nc(N)c3Br)c2)OC1(C)C.CS(=O)c1nc(N)c(Br)c(Cl)n1.CSc1nc(N)c(Br)c(Cl)n1.Nc1nc(-n2cccn2)nc(-n2cc(B(O)O)cn2)c1Br.Nc1nc(-n2cccn2)nc(-n2cc(O)cn2)c1Br.Nc1nc(-n2cccn2)nc(Cl)c1Br.O=CO[O-].[Cs+].[Cs+].[H-]. The van der Waals surface area contributed by atoms with Gasteiger partial charge in [-0.1, -0.05) is 74.9 Å². The van der Waals surface area contributed by atoms with Crippen LogP contribution in [0.3, 0.4) is 0 Å². The number of hydrogen-bond acceptors (Lipinski definition) is 38. The summed E-state index contributed by atoms with van der Waals surface area (Å²) in [5.74, 6) is 4.21. The van der Waals surface area contributed by atoms with Crippen molar-refractivity contribution >= 4 is 233 Å². The van der Waals surface area contributed by atoms with E-state index in [9.17, 15) is 9.32 Å². The normalized spacial score (nSPS) is 13.8. The third kappa shape index (κ3) is 30.1. The van der Waals surface area contributed by atoms with E-state index >= 15 is 0 Å². The predicted octanol–water partition coefficient (Wildman–Crippen LogP) is 2.42. The van der Waals surface area contributed by atoms with E-state index in [0.717, 1.165) is 17.5 Å². The van der Waals surface area contributed by atoms with Gasteiger partial charge in [0.05, 0.1) is 65.6 Å². The van der Waals surface area contributed by atoms with E-state index in [2.05, 4.69) is 229 Å². The largest absolute Gasteiger partial charge is 1.00 e. The van der Waals surface area contributed by atoms with E-state index in [1.54, 1.807) is 84.7 Å². The number of aromatic nitrogens is 26. The van der Waals surface area contributed by atoms with Crippen LogP contribution in [0.5, 0.6) is 5.75 Å². The first-order chi connectivity index (χ1) is 57.6. The van der Waals surface area contributed by atoms with Crippen molar-refractivity contribution in [3.8, 4) is 47.0 Å². The molecular formula is C67H81B3Br6Cl3Cs2N33O11S2. The second kappa shape index (κ2) is 51.2. The standard InChI is InChI=1S/C16H19BBrN7O2.C10H9BBrN7O2.C10H16BNO2.C10H8BrN7O.C7H5BrClN5.C5H5BrClN3OS.C5H5BrClN3S.CH2O3.3CH4.2Cs.H/c1-15(2)16(3,4)27-17(26-15)10-8-21-25(9-10)13-11(18)12(19)22-14(23-13)24-7-5-6-20-24;12-7-8(13)16-10(18-3-1-2-14-18)17-9(7)19-5-6(4-15-19)11(20)21;1-9(2)10(3,4)14-11(13-9)8-5-6-12-7-8;11-7-8(12)15-10(17-3-1-2-13-17)16-9(7)18-5-6(19)4-14-18;8-4-5(9)12-7(13-6(4)10)14-3-1-2-11-14;1-12(11)5-9-3(7)2(6)4(8)10-5;1-11-5-9-3(7)2(6)4(8)10-5;2-1-4-3;;;;;;/h5-9H,1-4H3,(H2,19,22,23);1-5,20-21H,(H2,13,16,17);5,7H,6H2,1-4H3;1-5,19H,(H2,12,15,16);1-3H,(H2,10,12,13);1H3,(H2,8,9,10);1H3,(H2,8,9,10);1,3H;3*1H4;;;/q;;;;;;;;;;;2*+1;-1/p-1. The molecule has 0 bridgehead atoms. The first-order valence-electron chi connectivity index (χ1n) is 34.2. The Morgan fingerprint density at radius 2 is 0.858 bits per heavy atom. The zero-order chi connectivity index (χ0) is 89.5. The van der Waals surface area contributed by atoms with Gasteiger partial charge in [-0.15, -0.1) is 0 Å². The zero-order valence-electron chi connectivity index (χ0n) is 67.9. The maximum Gasteiger partial charge on any atom is 1.00 e. The molecule has 3 aliphatic heterocycles. The molecule has 16 heterocycles. The average Bonchev–Trinajstić information content (AvgIpc) is 1.52. The van der Waals surface area contributed by atoms with Crippen LogP contribution in [0.2, 0.25) is 15.5 Å². The summed E-state index contributed by atoms with van der Waals surface area (Å²) in [6.45, 7) is 16.8. The van der Waals surface area contributed by atoms with Gasteiger partial charge in [0.2, 0.25) is 5.16 Å². The van der Waals surface area contributed by atoms with Gasteiger partial charge in [0.25, 0.3) is 30.3 Å². The number of carbonyl (C=O) groups excluding carboxylic acids is 1. The minimum absolute atomic E-state index is 0. The van der Waals surface area contributed by atoms with Gasteiger partial charge in [0.1, 0.15) is 58.6 Å². The van der Waals surface area contributed by atoms with Gasteiger partial charge < -0.3 is 79.7 Å². The molecule has 44 nitrogen and oxygen atoms in total. The summed E-state index contributed by atoms with van der Waals surface area (Å²) in [5, 5.41) is 66.1. The molecule has 666 valence electrons. The molecule has 60 heteroatoms. The molecule has 0 amide bonds. The van der Waals surface area contributed by atoms with E-state index in [4.69, 9.17) is 108 Å². The van der Waals surface area contributed by atoms with Crippen LogP contribution < -0.4 is 188 Å². The van der Waals surface area contributed by atoms with Gasteiger partial charge >= 0.3 is 159 Å². The Hall–Kier alpha value is -5.30. The number of rotatable bonds is 13. The molecular weight excluding hydrogens is 2390 g/mol.